The van der Waals surface area contributed by atoms with Crippen LogP contribution >= 0.6 is 0 Å². The number of amides is 4. The van der Waals surface area contributed by atoms with Crippen molar-refractivity contribution in [2.75, 3.05) is 26.8 Å². The Morgan fingerprint density at radius 2 is 2.20 bits per heavy atom. The molecule has 0 spiro atoms. The molecule has 1 saturated heterocycles. The molecule has 0 aromatic heterocycles. The van der Waals surface area contributed by atoms with Gasteiger partial charge in [0, 0.05) is 13.7 Å². The summed E-state index contributed by atoms with van der Waals surface area (Å²) < 4.78 is 4.80. The van der Waals surface area contributed by atoms with Gasteiger partial charge in [-0.1, -0.05) is 0 Å². The number of rotatable bonds is 8. The van der Waals surface area contributed by atoms with Crippen LogP contribution in [0.1, 0.15) is 12.8 Å². The monoisotopic (exact) mass is 287 g/mol. The highest BCUT2D eigenvalue weighted by molar-refractivity contribution is 6.04. The van der Waals surface area contributed by atoms with Gasteiger partial charge in [-0.2, -0.15) is 0 Å². The van der Waals surface area contributed by atoms with E-state index >= 15 is 0 Å². The minimum absolute atomic E-state index is 0.150. The van der Waals surface area contributed by atoms with E-state index < -0.39 is 36.4 Å². The summed E-state index contributed by atoms with van der Waals surface area (Å²) in [6, 6.07) is -1.73. The lowest BCUT2D eigenvalue weighted by molar-refractivity contribution is -0.142. The molecule has 1 atom stereocenters. The third-order valence-corrected chi connectivity index (χ3v) is 2.71. The van der Waals surface area contributed by atoms with Crippen LogP contribution in [0.25, 0.3) is 0 Å². The molecule has 112 valence electrons. The minimum atomic E-state index is -1.17. The smallest absolute Gasteiger partial charge is 0.326 e. The first-order valence-electron chi connectivity index (χ1n) is 6.05. The van der Waals surface area contributed by atoms with E-state index in [2.05, 4.69) is 10.6 Å². The SMILES string of the molecule is COCCCC(NC(=O)CN1C(=O)CNC1=O)C(=O)O. The Morgan fingerprint density at radius 3 is 2.70 bits per heavy atom. The lowest BCUT2D eigenvalue weighted by atomic mass is 10.1. The molecule has 0 saturated carbocycles. The second kappa shape index (κ2) is 7.43. The number of carbonyl (C=O) groups is 4. The molecule has 0 aliphatic carbocycles. The fourth-order valence-corrected chi connectivity index (χ4v) is 1.69. The standard InChI is InChI=1S/C11H17N3O6/c1-20-4-2-3-7(10(17)18)13-8(15)6-14-9(16)5-12-11(14)19/h7H,2-6H2,1H3,(H,12,19)(H,13,15)(H,17,18). The van der Waals surface area contributed by atoms with Crippen LogP contribution in [0, 0.1) is 0 Å². The number of carboxylic acid groups (broad SMARTS) is 1. The first-order chi connectivity index (χ1) is 9.45. The summed E-state index contributed by atoms with van der Waals surface area (Å²) in [6.07, 6.45) is 0.673. The summed E-state index contributed by atoms with van der Waals surface area (Å²) in [5, 5.41) is 13.5. The molecule has 1 rings (SSSR count). The lowest BCUT2D eigenvalue weighted by Crippen LogP contribution is -2.47. The number of urea groups is 1. The van der Waals surface area contributed by atoms with E-state index in [1.54, 1.807) is 0 Å². The van der Waals surface area contributed by atoms with Crippen molar-refractivity contribution in [3.8, 4) is 0 Å². The summed E-state index contributed by atoms with van der Waals surface area (Å²) >= 11 is 0. The van der Waals surface area contributed by atoms with Gasteiger partial charge in [-0.3, -0.25) is 14.5 Å². The Labute approximate surface area is 115 Å². The van der Waals surface area contributed by atoms with E-state index in [1.807, 2.05) is 0 Å². The largest absolute Gasteiger partial charge is 0.480 e. The molecule has 20 heavy (non-hydrogen) atoms. The lowest BCUT2D eigenvalue weighted by Gasteiger charge is -2.17. The molecule has 9 heteroatoms. The van der Waals surface area contributed by atoms with E-state index in [-0.39, 0.29) is 13.0 Å². The van der Waals surface area contributed by atoms with Crippen molar-refractivity contribution < 1.29 is 29.0 Å². The number of aliphatic carboxylic acids is 1. The van der Waals surface area contributed by atoms with Gasteiger partial charge in [-0.15, -0.1) is 0 Å². The van der Waals surface area contributed by atoms with E-state index in [0.717, 1.165) is 4.90 Å². The van der Waals surface area contributed by atoms with Gasteiger partial charge in [0.15, 0.2) is 0 Å². The van der Waals surface area contributed by atoms with Crippen LogP contribution in [0.4, 0.5) is 4.79 Å². The second-order valence-corrected chi connectivity index (χ2v) is 4.23. The van der Waals surface area contributed by atoms with Gasteiger partial charge in [0.1, 0.15) is 12.6 Å². The summed E-state index contributed by atoms with van der Waals surface area (Å²) in [5.74, 6) is -2.39. The molecule has 1 aliphatic rings. The van der Waals surface area contributed by atoms with E-state index in [0.29, 0.717) is 13.0 Å². The Hall–Kier alpha value is -2.16. The van der Waals surface area contributed by atoms with Crippen LogP contribution in [0.15, 0.2) is 0 Å². The van der Waals surface area contributed by atoms with Crippen LogP contribution in [0.3, 0.4) is 0 Å². The quantitative estimate of drug-likeness (QED) is 0.370. The van der Waals surface area contributed by atoms with Crippen LogP contribution < -0.4 is 10.6 Å². The highest BCUT2D eigenvalue weighted by atomic mass is 16.5. The third kappa shape index (κ3) is 4.50. The van der Waals surface area contributed by atoms with Crippen molar-refractivity contribution in [1.29, 1.82) is 0 Å². The van der Waals surface area contributed by atoms with Crippen molar-refractivity contribution in [2.45, 2.75) is 18.9 Å². The molecule has 1 fully saturated rings. The highest BCUT2D eigenvalue weighted by Crippen LogP contribution is 2.01. The van der Waals surface area contributed by atoms with Crippen molar-refractivity contribution in [3.05, 3.63) is 0 Å². The third-order valence-electron chi connectivity index (χ3n) is 2.71. The second-order valence-electron chi connectivity index (χ2n) is 4.23. The molecule has 1 unspecified atom stereocenters. The molecule has 1 heterocycles. The molecular formula is C11H17N3O6. The zero-order valence-electron chi connectivity index (χ0n) is 11.0. The Morgan fingerprint density at radius 1 is 1.50 bits per heavy atom. The number of nitrogens with zero attached hydrogens (tertiary/aromatic N) is 1. The summed E-state index contributed by atoms with van der Waals surface area (Å²) in [7, 11) is 1.49. The van der Waals surface area contributed by atoms with Crippen molar-refractivity contribution in [1.82, 2.24) is 15.5 Å². The molecule has 1 aliphatic heterocycles. The number of ether oxygens (including phenoxy) is 1. The van der Waals surface area contributed by atoms with Crippen molar-refractivity contribution >= 4 is 23.8 Å². The number of nitrogens with one attached hydrogen (secondary N) is 2. The van der Waals surface area contributed by atoms with Crippen LogP contribution in [0.5, 0.6) is 0 Å². The Kier molecular flexibility index (Phi) is 5.91. The summed E-state index contributed by atoms with van der Waals surface area (Å²) in [4.78, 5) is 45.9. The number of imide groups is 1. The zero-order chi connectivity index (χ0) is 15.1. The van der Waals surface area contributed by atoms with E-state index in [1.165, 1.54) is 7.11 Å². The molecule has 0 aromatic carbocycles. The first-order valence-corrected chi connectivity index (χ1v) is 6.05. The number of hydrogen-bond donors (Lipinski definition) is 3. The van der Waals surface area contributed by atoms with E-state index in [4.69, 9.17) is 9.84 Å². The number of hydrogen-bond acceptors (Lipinski definition) is 5. The average molecular weight is 287 g/mol. The Bertz CT molecular complexity index is 395. The van der Waals surface area contributed by atoms with Crippen LogP contribution in [0.2, 0.25) is 0 Å². The maximum absolute atomic E-state index is 11.7. The molecule has 0 radical (unpaired) electrons. The van der Waals surface area contributed by atoms with Gasteiger partial charge < -0.3 is 20.5 Å². The van der Waals surface area contributed by atoms with Crippen molar-refractivity contribution in [3.63, 3.8) is 0 Å². The molecule has 3 N–H and O–H groups in total. The molecule has 9 nitrogen and oxygen atoms in total. The maximum Gasteiger partial charge on any atom is 0.326 e. The summed E-state index contributed by atoms with van der Waals surface area (Å²) in [5.41, 5.74) is 0. The number of carboxylic acids is 1. The van der Waals surface area contributed by atoms with Gasteiger partial charge in [0.25, 0.3) is 5.91 Å². The summed E-state index contributed by atoms with van der Waals surface area (Å²) in [6.45, 7) is -0.256. The highest BCUT2D eigenvalue weighted by Gasteiger charge is 2.31. The first kappa shape index (κ1) is 15.9. The predicted octanol–water partition coefficient (Wildman–Crippen LogP) is -1.47. The van der Waals surface area contributed by atoms with Gasteiger partial charge >= 0.3 is 12.0 Å². The van der Waals surface area contributed by atoms with Crippen LogP contribution in [-0.4, -0.2) is 66.7 Å². The predicted molar refractivity (Wildman–Crippen MR) is 65.8 cm³/mol. The Balaban J connectivity index is 2.47. The van der Waals surface area contributed by atoms with Gasteiger partial charge in [0.05, 0.1) is 6.54 Å². The topological polar surface area (TPSA) is 125 Å². The molecule has 0 aromatic rings. The van der Waals surface area contributed by atoms with Gasteiger partial charge in [-0.25, -0.2) is 9.59 Å². The van der Waals surface area contributed by atoms with Gasteiger partial charge in [0.2, 0.25) is 5.91 Å². The minimum Gasteiger partial charge on any atom is -0.480 e. The maximum atomic E-state index is 11.7. The molecular weight excluding hydrogens is 270 g/mol. The van der Waals surface area contributed by atoms with Crippen molar-refractivity contribution in [2.24, 2.45) is 0 Å². The number of carbonyl (C=O) groups excluding carboxylic acids is 3. The normalized spacial score (nSPS) is 15.9. The van der Waals surface area contributed by atoms with E-state index in [9.17, 15) is 19.2 Å². The van der Waals surface area contributed by atoms with Crippen LogP contribution in [-0.2, 0) is 19.1 Å². The molecule has 0 bridgehead atoms. The van der Waals surface area contributed by atoms with Gasteiger partial charge in [-0.05, 0) is 12.8 Å². The molecule has 4 amide bonds. The fourth-order valence-electron chi connectivity index (χ4n) is 1.69. The fraction of sp³-hybridized carbons (Fsp3) is 0.636. The number of methoxy groups -OCH3 is 1. The average Bonchev–Trinajstić information content (AvgIpc) is 2.69. The zero-order valence-corrected chi connectivity index (χ0v) is 11.0.